The lowest BCUT2D eigenvalue weighted by Gasteiger charge is -2.12. The van der Waals surface area contributed by atoms with Crippen LogP contribution < -0.4 is 0 Å². The number of aromatic nitrogens is 2. The number of aryl methyl sites for hydroxylation is 1. The topological polar surface area (TPSA) is 48.9 Å². The van der Waals surface area contributed by atoms with E-state index in [0.29, 0.717) is 0 Å². The van der Waals surface area contributed by atoms with Crippen LogP contribution >= 0.6 is 0 Å². The third-order valence-corrected chi connectivity index (χ3v) is 2.57. The Hall–Kier alpha value is -1.61. The summed E-state index contributed by atoms with van der Waals surface area (Å²) in [6, 6.07) is 7.93. The zero-order valence-electron chi connectivity index (χ0n) is 8.64. The van der Waals surface area contributed by atoms with Gasteiger partial charge in [0.2, 0.25) is 0 Å². The minimum Gasteiger partial charge on any atom is -0.384 e. The molecule has 0 aliphatic heterocycles. The standard InChI is InChI=1S/C12H14N2O/c1-2-9-5-3-4-6-11(9)12(15)10-7-13-14-8-10/h3-8,12,15H,2H2,1H3,(H,13,14). The number of hydrogen-bond acceptors (Lipinski definition) is 2. The highest BCUT2D eigenvalue weighted by atomic mass is 16.3. The van der Waals surface area contributed by atoms with Gasteiger partial charge in [0.1, 0.15) is 6.10 Å². The fourth-order valence-corrected chi connectivity index (χ4v) is 1.71. The molecule has 0 aliphatic rings. The van der Waals surface area contributed by atoms with E-state index in [1.807, 2.05) is 24.3 Å². The van der Waals surface area contributed by atoms with Crippen molar-refractivity contribution >= 4 is 0 Å². The maximum atomic E-state index is 10.1. The highest BCUT2D eigenvalue weighted by molar-refractivity contribution is 5.34. The molecular weight excluding hydrogens is 188 g/mol. The van der Waals surface area contributed by atoms with Crippen LogP contribution in [0.1, 0.15) is 29.7 Å². The van der Waals surface area contributed by atoms with E-state index in [2.05, 4.69) is 17.1 Å². The molecule has 2 N–H and O–H groups in total. The van der Waals surface area contributed by atoms with Crippen LogP contribution in [-0.2, 0) is 6.42 Å². The van der Waals surface area contributed by atoms with Gasteiger partial charge in [-0.2, -0.15) is 5.10 Å². The average molecular weight is 202 g/mol. The quantitative estimate of drug-likeness (QED) is 0.800. The lowest BCUT2D eigenvalue weighted by Crippen LogP contribution is -2.02. The van der Waals surface area contributed by atoms with Gasteiger partial charge in [-0.25, -0.2) is 0 Å². The summed E-state index contributed by atoms with van der Waals surface area (Å²) < 4.78 is 0. The van der Waals surface area contributed by atoms with Gasteiger partial charge in [-0.15, -0.1) is 0 Å². The highest BCUT2D eigenvalue weighted by Crippen LogP contribution is 2.24. The molecule has 1 aromatic carbocycles. The Kier molecular flexibility index (Phi) is 2.83. The van der Waals surface area contributed by atoms with Crippen LogP contribution in [0.25, 0.3) is 0 Å². The second-order valence-corrected chi connectivity index (χ2v) is 3.49. The number of nitrogens with zero attached hydrogens (tertiary/aromatic N) is 1. The summed E-state index contributed by atoms with van der Waals surface area (Å²) in [5.41, 5.74) is 2.93. The van der Waals surface area contributed by atoms with E-state index >= 15 is 0 Å². The van der Waals surface area contributed by atoms with E-state index in [9.17, 15) is 5.11 Å². The van der Waals surface area contributed by atoms with Crippen molar-refractivity contribution in [2.75, 3.05) is 0 Å². The smallest absolute Gasteiger partial charge is 0.107 e. The Morgan fingerprint density at radius 1 is 1.40 bits per heavy atom. The van der Waals surface area contributed by atoms with Crippen LogP contribution in [-0.4, -0.2) is 15.3 Å². The van der Waals surface area contributed by atoms with Gasteiger partial charge in [0, 0.05) is 11.8 Å². The van der Waals surface area contributed by atoms with Gasteiger partial charge in [0.05, 0.1) is 6.20 Å². The molecule has 3 nitrogen and oxygen atoms in total. The van der Waals surface area contributed by atoms with Gasteiger partial charge in [-0.3, -0.25) is 5.10 Å². The first kappa shape index (κ1) is 9.93. The first-order chi connectivity index (χ1) is 7.33. The first-order valence-electron chi connectivity index (χ1n) is 5.07. The van der Waals surface area contributed by atoms with Gasteiger partial charge in [-0.05, 0) is 17.5 Å². The van der Waals surface area contributed by atoms with Crippen molar-refractivity contribution in [3.8, 4) is 0 Å². The third kappa shape index (κ3) is 1.92. The maximum absolute atomic E-state index is 10.1. The number of aromatic amines is 1. The number of rotatable bonds is 3. The van der Waals surface area contributed by atoms with E-state index in [1.165, 1.54) is 5.56 Å². The van der Waals surface area contributed by atoms with E-state index in [4.69, 9.17) is 0 Å². The van der Waals surface area contributed by atoms with E-state index in [0.717, 1.165) is 17.5 Å². The fraction of sp³-hybridized carbons (Fsp3) is 0.250. The van der Waals surface area contributed by atoms with Crippen LogP contribution in [0.3, 0.4) is 0 Å². The zero-order chi connectivity index (χ0) is 10.7. The lowest BCUT2D eigenvalue weighted by atomic mass is 9.97. The van der Waals surface area contributed by atoms with Gasteiger partial charge in [-0.1, -0.05) is 31.2 Å². The molecule has 0 bridgehead atoms. The summed E-state index contributed by atoms with van der Waals surface area (Å²) in [6.07, 6.45) is 3.71. The van der Waals surface area contributed by atoms with Gasteiger partial charge < -0.3 is 5.11 Å². The van der Waals surface area contributed by atoms with Crippen molar-refractivity contribution < 1.29 is 5.11 Å². The highest BCUT2D eigenvalue weighted by Gasteiger charge is 2.13. The first-order valence-corrected chi connectivity index (χ1v) is 5.07. The molecule has 1 heterocycles. The average Bonchev–Trinajstić information content (AvgIpc) is 2.81. The zero-order valence-corrected chi connectivity index (χ0v) is 8.64. The van der Waals surface area contributed by atoms with Crippen LogP contribution in [0.4, 0.5) is 0 Å². The summed E-state index contributed by atoms with van der Waals surface area (Å²) in [4.78, 5) is 0. The summed E-state index contributed by atoms with van der Waals surface area (Å²) in [6.45, 7) is 2.08. The Labute approximate surface area is 88.8 Å². The molecule has 2 aromatic rings. The Morgan fingerprint density at radius 3 is 2.87 bits per heavy atom. The fourth-order valence-electron chi connectivity index (χ4n) is 1.71. The second-order valence-electron chi connectivity index (χ2n) is 3.49. The monoisotopic (exact) mass is 202 g/mol. The SMILES string of the molecule is CCc1ccccc1C(O)c1cn[nH]c1. The molecule has 0 fully saturated rings. The lowest BCUT2D eigenvalue weighted by molar-refractivity contribution is 0.219. The van der Waals surface area contributed by atoms with Crippen LogP contribution in [0.5, 0.6) is 0 Å². The Morgan fingerprint density at radius 2 is 2.20 bits per heavy atom. The number of aliphatic hydroxyl groups excluding tert-OH is 1. The molecule has 78 valence electrons. The van der Waals surface area contributed by atoms with E-state index in [-0.39, 0.29) is 0 Å². The number of hydrogen-bond donors (Lipinski definition) is 2. The third-order valence-electron chi connectivity index (χ3n) is 2.57. The number of benzene rings is 1. The van der Waals surface area contributed by atoms with E-state index in [1.54, 1.807) is 12.4 Å². The van der Waals surface area contributed by atoms with Crippen molar-refractivity contribution in [2.24, 2.45) is 0 Å². The van der Waals surface area contributed by atoms with Crippen molar-refractivity contribution in [3.63, 3.8) is 0 Å². The minimum absolute atomic E-state index is 0.583. The molecule has 0 spiro atoms. The molecule has 0 saturated carbocycles. The molecule has 2 rings (SSSR count). The van der Waals surface area contributed by atoms with Crippen LogP contribution in [0.2, 0.25) is 0 Å². The molecule has 15 heavy (non-hydrogen) atoms. The van der Waals surface area contributed by atoms with Gasteiger partial charge in [0.15, 0.2) is 0 Å². The summed E-state index contributed by atoms with van der Waals surface area (Å²) in [7, 11) is 0. The van der Waals surface area contributed by atoms with Crippen molar-refractivity contribution in [2.45, 2.75) is 19.4 Å². The molecule has 3 heteroatoms. The summed E-state index contributed by atoms with van der Waals surface area (Å²) in [5, 5.41) is 16.7. The summed E-state index contributed by atoms with van der Waals surface area (Å²) >= 11 is 0. The molecule has 0 radical (unpaired) electrons. The molecular formula is C12H14N2O. The second kappa shape index (κ2) is 4.28. The predicted octanol–water partition coefficient (Wildman–Crippen LogP) is 2.05. The largest absolute Gasteiger partial charge is 0.384 e. The molecule has 0 saturated heterocycles. The molecule has 0 aliphatic carbocycles. The van der Waals surface area contributed by atoms with Crippen LogP contribution in [0.15, 0.2) is 36.7 Å². The van der Waals surface area contributed by atoms with Crippen molar-refractivity contribution in [1.29, 1.82) is 0 Å². The van der Waals surface area contributed by atoms with Gasteiger partial charge in [0.25, 0.3) is 0 Å². The molecule has 1 aromatic heterocycles. The maximum Gasteiger partial charge on any atom is 0.107 e. The summed E-state index contributed by atoms with van der Waals surface area (Å²) in [5.74, 6) is 0. The number of nitrogens with one attached hydrogen (secondary N) is 1. The number of aliphatic hydroxyl groups is 1. The molecule has 1 atom stereocenters. The van der Waals surface area contributed by atoms with Crippen LogP contribution in [0, 0.1) is 0 Å². The molecule has 1 unspecified atom stereocenters. The van der Waals surface area contributed by atoms with Gasteiger partial charge >= 0.3 is 0 Å². The minimum atomic E-state index is -0.583. The van der Waals surface area contributed by atoms with Crippen molar-refractivity contribution in [1.82, 2.24) is 10.2 Å². The normalized spacial score (nSPS) is 12.7. The Balaban J connectivity index is 2.37. The van der Waals surface area contributed by atoms with E-state index < -0.39 is 6.10 Å². The Bertz CT molecular complexity index is 423. The number of H-pyrrole nitrogens is 1. The predicted molar refractivity (Wildman–Crippen MR) is 58.5 cm³/mol. The molecule has 0 amide bonds. The van der Waals surface area contributed by atoms with Crippen molar-refractivity contribution in [3.05, 3.63) is 53.3 Å².